The second-order valence-electron chi connectivity index (χ2n) is 14.7. The zero-order valence-electron chi connectivity index (χ0n) is 21.6. The van der Waals surface area contributed by atoms with Crippen molar-refractivity contribution in [2.75, 3.05) is 0 Å². The highest BCUT2D eigenvalue weighted by Gasteiger charge is 2.49. The Morgan fingerprint density at radius 3 is 1.71 bits per heavy atom. The Morgan fingerprint density at radius 1 is 0.750 bits per heavy atom. The maximum Gasteiger partial charge on any atom is 0.0157 e. The number of hydrogen-bond donors (Lipinski definition) is 0. The number of fused-ring (bicyclic) bond motifs is 1. The highest BCUT2D eigenvalue weighted by molar-refractivity contribution is 5.01. The van der Waals surface area contributed by atoms with E-state index in [2.05, 4.69) is 88.0 Å². The summed E-state index contributed by atoms with van der Waals surface area (Å²) in [6.45, 7) is 29.6. The van der Waals surface area contributed by atoms with Crippen molar-refractivity contribution in [2.45, 2.75) is 139 Å². The lowest BCUT2D eigenvalue weighted by Gasteiger charge is -2.55. The molecule has 1 nitrogen and oxygen atoms in total. The van der Waals surface area contributed by atoms with Crippen molar-refractivity contribution in [1.29, 1.82) is 0 Å². The van der Waals surface area contributed by atoms with Crippen LogP contribution in [-0.2, 0) is 0 Å². The molecule has 0 saturated heterocycles. The Bertz CT molecular complexity index is 504. The SMILES string of the molecule is CC(C)(C)CC(N(C1CCC2CCC(C(C)(C)C)C2C1)C(C)(C)C)C(C)(C)C. The molecule has 0 bridgehead atoms. The summed E-state index contributed by atoms with van der Waals surface area (Å²) in [5.41, 5.74) is 1.34. The monoisotopic (exact) mass is 391 g/mol. The van der Waals surface area contributed by atoms with Gasteiger partial charge in [-0.05, 0) is 93.3 Å². The highest BCUT2D eigenvalue weighted by atomic mass is 15.3. The molecule has 5 unspecified atom stereocenters. The molecule has 2 aliphatic carbocycles. The van der Waals surface area contributed by atoms with E-state index in [0.29, 0.717) is 22.3 Å². The Labute approximate surface area is 178 Å². The Morgan fingerprint density at radius 2 is 1.29 bits per heavy atom. The first-order valence-corrected chi connectivity index (χ1v) is 12.2. The Balaban J connectivity index is 2.35. The average Bonchev–Trinajstić information content (AvgIpc) is 2.85. The molecule has 0 aromatic heterocycles. The van der Waals surface area contributed by atoms with Gasteiger partial charge in [0, 0.05) is 17.6 Å². The van der Waals surface area contributed by atoms with Crippen molar-refractivity contribution in [3.05, 3.63) is 0 Å². The summed E-state index contributed by atoms with van der Waals surface area (Å²) in [6, 6.07) is 1.37. The summed E-state index contributed by atoms with van der Waals surface area (Å²) in [5.74, 6) is 2.86. The van der Waals surface area contributed by atoms with Gasteiger partial charge in [-0.3, -0.25) is 4.90 Å². The number of nitrogens with zero attached hydrogens (tertiary/aromatic N) is 1. The molecule has 0 heterocycles. The van der Waals surface area contributed by atoms with E-state index in [0.717, 1.165) is 23.8 Å². The molecule has 2 fully saturated rings. The van der Waals surface area contributed by atoms with Gasteiger partial charge in [0.15, 0.2) is 0 Å². The third-order valence-electron chi connectivity index (χ3n) is 7.81. The molecular weight excluding hydrogens is 338 g/mol. The van der Waals surface area contributed by atoms with Crippen LogP contribution in [0, 0.1) is 34.0 Å². The molecule has 0 aromatic rings. The van der Waals surface area contributed by atoms with Crippen LogP contribution in [0.1, 0.15) is 122 Å². The fourth-order valence-electron chi connectivity index (χ4n) is 6.70. The van der Waals surface area contributed by atoms with Crippen molar-refractivity contribution in [3.8, 4) is 0 Å². The third-order valence-corrected chi connectivity index (χ3v) is 7.81. The van der Waals surface area contributed by atoms with Gasteiger partial charge >= 0.3 is 0 Å². The number of rotatable bonds is 3. The van der Waals surface area contributed by atoms with Gasteiger partial charge in [-0.25, -0.2) is 0 Å². The fourth-order valence-corrected chi connectivity index (χ4v) is 6.70. The first-order valence-electron chi connectivity index (χ1n) is 12.2. The Kier molecular flexibility index (Phi) is 6.84. The van der Waals surface area contributed by atoms with E-state index in [9.17, 15) is 0 Å². The maximum absolute atomic E-state index is 2.99. The predicted molar refractivity (Wildman–Crippen MR) is 126 cm³/mol. The quantitative estimate of drug-likeness (QED) is 0.469. The fraction of sp³-hybridized carbons (Fsp3) is 1.00. The first-order chi connectivity index (χ1) is 12.4. The van der Waals surface area contributed by atoms with E-state index < -0.39 is 0 Å². The average molecular weight is 392 g/mol. The third kappa shape index (κ3) is 5.77. The molecule has 5 atom stereocenters. The summed E-state index contributed by atoms with van der Waals surface area (Å²) in [4.78, 5) is 2.99. The van der Waals surface area contributed by atoms with Crippen LogP contribution < -0.4 is 0 Å². The van der Waals surface area contributed by atoms with Gasteiger partial charge in [0.2, 0.25) is 0 Å². The standard InChI is InChI=1S/C27H53N/c1-24(2,3)18-23(26(7,8)9)28(27(10,11)12)20-15-13-19-14-16-22(21(19)17-20)25(4,5)6/h19-23H,13-18H2,1-12H3. The predicted octanol–water partition coefficient (Wildman–Crippen LogP) is 8.18. The van der Waals surface area contributed by atoms with Crippen LogP contribution >= 0.6 is 0 Å². The van der Waals surface area contributed by atoms with E-state index in [1.165, 1.54) is 38.5 Å². The molecule has 2 aliphatic rings. The van der Waals surface area contributed by atoms with Gasteiger partial charge in [-0.2, -0.15) is 0 Å². The highest BCUT2D eigenvalue weighted by Crippen LogP contribution is 2.54. The van der Waals surface area contributed by atoms with Crippen LogP contribution in [0.2, 0.25) is 0 Å². The van der Waals surface area contributed by atoms with Gasteiger partial charge in [0.25, 0.3) is 0 Å². The molecule has 0 radical (unpaired) electrons. The normalized spacial score (nSPS) is 31.2. The van der Waals surface area contributed by atoms with Crippen LogP contribution in [0.5, 0.6) is 0 Å². The lowest BCUT2D eigenvalue weighted by Crippen LogP contribution is -2.60. The smallest absolute Gasteiger partial charge is 0.0157 e. The molecule has 0 aromatic carbocycles. The first kappa shape index (κ1) is 24.2. The molecule has 28 heavy (non-hydrogen) atoms. The second-order valence-corrected chi connectivity index (χ2v) is 14.7. The van der Waals surface area contributed by atoms with Crippen LogP contribution in [0.4, 0.5) is 0 Å². The topological polar surface area (TPSA) is 3.24 Å². The summed E-state index contributed by atoms with van der Waals surface area (Å²) < 4.78 is 0. The molecule has 166 valence electrons. The van der Waals surface area contributed by atoms with Crippen molar-refractivity contribution >= 4 is 0 Å². The minimum Gasteiger partial charge on any atom is -0.292 e. The van der Waals surface area contributed by atoms with Crippen LogP contribution in [0.25, 0.3) is 0 Å². The van der Waals surface area contributed by atoms with Crippen LogP contribution in [0.15, 0.2) is 0 Å². The summed E-state index contributed by atoms with van der Waals surface area (Å²) in [6.07, 6.45) is 8.53. The second kappa shape index (κ2) is 7.90. The molecular formula is C27H53N. The van der Waals surface area contributed by atoms with Gasteiger partial charge in [0.1, 0.15) is 0 Å². The molecule has 2 saturated carbocycles. The van der Waals surface area contributed by atoms with E-state index in [4.69, 9.17) is 0 Å². The van der Waals surface area contributed by atoms with Crippen molar-refractivity contribution in [2.24, 2.45) is 34.0 Å². The summed E-state index contributed by atoms with van der Waals surface area (Å²) in [7, 11) is 0. The van der Waals surface area contributed by atoms with Crippen molar-refractivity contribution in [3.63, 3.8) is 0 Å². The van der Waals surface area contributed by atoms with E-state index in [1.54, 1.807) is 0 Å². The minimum atomic E-state index is 0.219. The molecule has 0 amide bonds. The zero-order valence-corrected chi connectivity index (χ0v) is 21.6. The van der Waals surface area contributed by atoms with Crippen molar-refractivity contribution < 1.29 is 0 Å². The van der Waals surface area contributed by atoms with Crippen molar-refractivity contribution in [1.82, 2.24) is 4.90 Å². The molecule has 0 spiro atoms. The van der Waals surface area contributed by atoms with Crippen LogP contribution in [0.3, 0.4) is 0 Å². The summed E-state index contributed by atoms with van der Waals surface area (Å²) >= 11 is 0. The van der Waals surface area contributed by atoms with E-state index in [-0.39, 0.29) is 5.54 Å². The minimum absolute atomic E-state index is 0.219. The van der Waals surface area contributed by atoms with Gasteiger partial charge < -0.3 is 0 Å². The van der Waals surface area contributed by atoms with Crippen LogP contribution in [-0.4, -0.2) is 22.5 Å². The molecule has 0 aliphatic heterocycles. The maximum atomic E-state index is 2.99. The lowest BCUT2D eigenvalue weighted by atomic mass is 9.66. The Hall–Kier alpha value is -0.0400. The van der Waals surface area contributed by atoms with E-state index >= 15 is 0 Å². The lowest BCUT2D eigenvalue weighted by molar-refractivity contribution is -0.0598. The number of hydrogen-bond acceptors (Lipinski definition) is 1. The largest absolute Gasteiger partial charge is 0.292 e. The molecule has 2 rings (SSSR count). The van der Waals surface area contributed by atoms with E-state index in [1.807, 2.05) is 0 Å². The molecule has 0 N–H and O–H groups in total. The zero-order chi connectivity index (χ0) is 21.7. The van der Waals surface area contributed by atoms with Gasteiger partial charge in [-0.1, -0.05) is 62.3 Å². The molecule has 1 heteroatoms. The van der Waals surface area contributed by atoms with Gasteiger partial charge in [0.05, 0.1) is 0 Å². The van der Waals surface area contributed by atoms with Gasteiger partial charge in [-0.15, -0.1) is 0 Å². The summed E-state index contributed by atoms with van der Waals surface area (Å²) in [5, 5.41) is 0.